The van der Waals surface area contributed by atoms with Crippen LogP contribution in [0.3, 0.4) is 0 Å². The predicted molar refractivity (Wildman–Crippen MR) is 74.5 cm³/mol. The van der Waals surface area contributed by atoms with Crippen LogP contribution in [0.25, 0.3) is 0 Å². The first kappa shape index (κ1) is 12.6. The molecule has 3 heteroatoms. The molecule has 3 nitrogen and oxygen atoms in total. The van der Waals surface area contributed by atoms with Crippen molar-refractivity contribution in [3.63, 3.8) is 0 Å². The summed E-state index contributed by atoms with van der Waals surface area (Å²) in [5.41, 5.74) is 2.34. The van der Waals surface area contributed by atoms with Gasteiger partial charge in [-0.25, -0.2) is 9.97 Å². The summed E-state index contributed by atoms with van der Waals surface area (Å²) in [4.78, 5) is 8.01. The molecule has 0 radical (unpaired) electrons. The Morgan fingerprint density at radius 1 is 1.06 bits per heavy atom. The highest BCUT2D eigenvalue weighted by molar-refractivity contribution is 5.38. The molecule has 2 aromatic rings. The van der Waals surface area contributed by atoms with Gasteiger partial charge in [-0.3, -0.25) is 0 Å². The average molecular weight is 241 g/mol. The highest BCUT2D eigenvalue weighted by Crippen LogP contribution is 2.24. The Kier molecular flexibility index (Phi) is 4.29. The minimum absolute atomic E-state index is 0.492. The molecule has 1 unspecified atom stereocenters. The van der Waals surface area contributed by atoms with Crippen molar-refractivity contribution in [2.45, 2.75) is 19.8 Å². The highest BCUT2D eigenvalue weighted by Gasteiger charge is 2.15. The summed E-state index contributed by atoms with van der Waals surface area (Å²) >= 11 is 0. The number of hydrogen-bond acceptors (Lipinski definition) is 3. The molecule has 0 fully saturated rings. The lowest BCUT2D eigenvalue weighted by Crippen LogP contribution is -2.17. The molecular formula is C15H19N3. The van der Waals surface area contributed by atoms with E-state index in [2.05, 4.69) is 59.5 Å². The Hall–Kier alpha value is -1.90. The molecule has 0 amide bonds. The van der Waals surface area contributed by atoms with Gasteiger partial charge in [0.05, 0.1) is 18.1 Å². The van der Waals surface area contributed by atoms with Gasteiger partial charge >= 0.3 is 0 Å². The third-order valence-corrected chi connectivity index (χ3v) is 3.12. The van der Waals surface area contributed by atoms with Crippen LogP contribution in [0.15, 0.2) is 49.1 Å². The van der Waals surface area contributed by atoms with E-state index in [1.165, 1.54) is 5.56 Å². The maximum Gasteiger partial charge on any atom is 0.115 e. The fourth-order valence-corrected chi connectivity index (χ4v) is 2.06. The molecule has 2 rings (SSSR count). The second-order valence-corrected chi connectivity index (χ2v) is 4.77. The van der Waals surface area contributed by atoms with Gasteiger partial charge in [0, 0.05) is 12.5 Å². The van der Waals surface area contributed by atoms with E-state index in [4.69, 9.17) is 0 Å². The first-order valence-electron chi connectivity index (χ1n) is 6.31. The number of nitrogens with one attached hydrogen (secondary N) is 1. The van der Waals surface area contributed by atoms with Crippen molar-refractivity contribution >= 4 is 5.69 Å². The molecule has 1 heterocycles. The van der Waals surface area contributed by atoms with Crippen molar-refractivity contribution in [3.8, 4) is 0 Å². The Labute approximate surface area is 108 Å². The fourth-order valence-electron chi connectivity index (χ4n) is 2.06. The molecule has 0 saturated carbocycles. The van der Waals surface area contributed by atoms with E-state index in [0.29, 0.717) is 11.8 Å². The first-order chi connectivity index (χ1) is 8.77. The zero-order valence-electron chi connectivity index (χ0n) is 10.9. The SMILES string of the molecule is CC(C)C(CNc1cncnc1)c1ccccc1. The van der Waals surface area contributed by atoms with E-state index in [-0.39, 0.29) is 0 Å². The van der Waals surface area contributed by atoms with Gasteiger partial charge in [0.1, 0.15) is 6.33 Å². The Morgan fingerprint density at radius 3 is 2.33 bits per heavy atom. The van der Waals surface area contributed by atoms with Gasteiger partial charge in [-0.15, -0.1) is 0 Å². The maximum atomic E-state index is 4.01. The van der Waals surface area contributed by atoms with E-state index in [1.54, 1.807) is 18.7 Å². The van der Waals surface area contributed by atoms with Crippen LogP contribution in [-0.4, -0.2) is 16.5 Å². The normalized spacial score (nSPS) is 12.4. The number of anilines is 1. The molecular weight excluding hydrogens is 222 g/mol. The maximum absolute atomic E-state index is 4.01. The lowest BCUT2D eigenvalue weighted by molar-refractivity contribution is 0.517. The Morgan fingerprint density at radius 2 is 1.72 bits per heavy atom. The van der Waals surface area contributed by atoms with Crippen molar-refractivity contribution in [1.29, 1.82) is 0 Å². The largest absolute Gasteiger partial charge is 0.382 e. The Bertz CT molecular complexity index is 454. The van der Waals surface area contributed by atoms with Gasteiger partial charge in [0.25, 0.3) is 0 Å². The van der Waals surface area contributed by atoms with Crippen LogP contribution in [-0.2, 0) is 0 Å². The van der Waals surface area contributed by atoms with Crippen molar-refractivity contribution in [3.05, 3.63) is 54.6 Å². The predicted octanol–water partition coefficient (Wildman–Crippen LogP) is 3.33. The van der Waals surface area contributed by atoms with Gasteiger partial charge in [0.2, 0.25) is 0 Å². The molecule has 1 aromatic heterocycles. The fraction of sp³-hybridized carbons (Fsp3) is 0.333. The number of benzene rings is 1. The summed E-state index contributed by atoms with van der Waals surface area (Å²) in [7, 11) is 0. The molecule has 18 heavy (non-hydrogen) atoms. The quantitative estimate of drug-likeness (QED) is 0.872. The van der Waals surface area contributed by atoms with Crippen LogP contribution in [0.5, 0.6) is 0 Å². The summed E-state index contributed by atoms with van der Waals surface area (Å²) in [5.74, 6) is 1.08. The number of hydrogen-bond donors (Lipinski definition) is 1. The van der Waals surface area contributed by atoms with Crippen molar-refractivity contribution in [1.82, 2.24) is 9.97 Å². The lowest BCUT2D eigenvalue weighted by Gasteiger charge is -2.22. The zero-order chi connectivity index (χ0) is 12.8. The minimum Gasteiger partial charge on any atom is -0.382 e. The molecule has 1 N–H and O–H groups in total. The van der Waals surface area contributed by atoms with E-state index in [0.717, 1.165) is 12.2 Å². The number of rotatable bonds is 5. The third-order valence-electron chi connectivity index (χ3n) is 3.12. The third kappa shape index (κ3) is 3.29. The Balaban J connectivity index is 2.04. The highest BCUT2D eigenvalue weighted by atomic mass is 14.9. The second kappa shape index (κ2) is 6.15. The summed E-state index contributed by atoms with van der Waals surface area (Å²) in [6.45, 7) is 5.40. The monoisotopic (exact) mass is 241 g/mol. The number of nitrogens with zero attached hydrogens (tertiary/aromatic N) is 2. The zero-order valence-corrected chi connectivity index (χ0v) is 10.9. The molecule has 0 aliphatic heterocycles. The summed E-state index contributed by atoms with van der Waals surface area (Å²) < 4.78 is 0. The van der Waals surface area contributed by atoms with Crippen LogP contribution in [0.1, 0.15) is 25.3 Å². The van der Waals surface area contributed by atoms with Crippen LogP contribution in [0.4, 0.5) is 5.69 Å². The standard InChI is InChI=1S/C15H19N3/c1-12(2)15(13-6-4-3-5-7-13)10-18-14-8-16-11-17-9-14/h3-9,11-12,15,18H,10H2,1-2H3. The van der Waals surface area contributed by atoms with Gasteiger partial charge in [-0.05, 0) is 11.5 Å². The average Bonchev–Trinajstić information content (AvgIpc) is 2.41. The van der Waals surface area contributed by atoms with E-state index in [1.807, 2.05) is 0 Å². The molecule has 0 spiro atoms. The summed E-state index contributed by atoms with van der Waals surface area (Å²) in [6.07, 6.45) is 5.15. The summed E-state index contributed by atoms with van der Waals surface area (Å²) in [5, 5.41) is 3.40. The molecule has 1 atom stereocenters. The first-order valence-corrected chi connectivity index (χ1v) is 6.31. The molecule has 0 aliphatic carbocycles. The second-order valence-electron chi connectivity index (χ2n) is 4.77. The molecule has 1 aromatic carbocycles. The lowest BCUT2D eigenvalue weighted by atomic mass is 9.88. The van der Waals surface area contributed by atoms with Gasteiger partial charge in [-0.2, -0.15) is 0 Å². The van der Waals surface area contributed by atoms with Gasteiger partial charge in [0.15, 0.2) is 0 Å². The van der Waals surface area contributed by atoms with E-state index < -0.39 is 0 Å². The summed E-state index contributed by atoms with van der Waals surface area (Å²) in [6, 6.07) is 10.6. The van der Waals surface area contributed by atoms with Crippen molar-refractivity contribution in [2.24, 2.45) is 5.92 Å². The molecule has 0 saturated heterocycles. The van der Waals surface area contributed by atoms with Gasteiger partial charge < -0.3 is 5.32 Å². The minimum atomic E-state index is 0.492. The van der Waals surface area contributed by atoms with Crippen molar-refractivity contribution in [2.75, 3.05) is 11.9 Å². The molecule has 94 valence electrons. The topological polar surface area (TPSA) is 37.8 Å². The van der Waals surface area contributed by atoms with Crippen molar-refractivity contribution < 1.29 is 0 Å². The van der Waals surface area contributed by atoms with Crippen LogP contribution < -0.4 is 5.32 Å². The van der Waals surface area contributed by atoms with Gasteiger partial charge in [-0.1, -0.05) is 44.2 Å². The van der Waals surface area contributed by atoms with E-state index >= 15 is 0 Å². The smallest absolute Gasteiger partial charge is 0.115 e. The number of aromatic nitrogens is 2. The van der Waals surface area contributed by atoms with Crippen LogP contribution in [0.2, 0.25) is 0 Å². The van der Waals surface area contributed by atoms with E-state index in [9.17, 15) is 0 Å². The molecule has 0 aliphatic rings. The molecule has 0 bridgehead atoms. The van der Waals surface area contributed by atoms with Crippen LogP contribution in [0, 0.1) is 5.92 Å². The van der Waals surface area contributed by atoms with Crippen LogP contribution >= 0.6 is 0 Å².